The first-order valence-corrected chi connectivity index (χ1v) is 11.1. The lowest BCUT2D eigenvalue weighted by Crippen LogP contribution is -2.39. The summed E-state index contributed by atoms with van der Waals surface area (Å²) in [5, 5.41) is 2.89. The summed E-state index contributed by atoms with van der Waals surface area (Å²) in [6, 6.07) is 8.50. The van der Waals surface area contributed by atoms with E-state index in [9.17, 15) is 9.59 Å². The maximum Gasteiger partial charge on any atom is 0.255 e. The lowest BCUT2D eigenvalue weighted by atomic mass is 9.93. The summed E-state index contributed by atoms with van der Waals surface area (Å²) >= 11 is 0. The Kier molecular flexibility index (Phi) is 7.36. The molecule has 2 amide bonds. The topological polar surface area (TPSA) is 86.3 Å². The number of hydrogen-bond donors (Lipinski definition) is 1. The molecule has 0 saturated heterocycles. The van der Waals surface area contributed by atoms with Gasteiger partial charge in [-0.05, 0) is 65.0 Å². The zero-order chi connectivity index (χ0) is 24.2. The maximum absolute atomic E-state index is 13.1. The predicted octanol–water partition coefficient (Wildman–Crippen LogP) is 4.52. The van der Waals surface area contributed by atoms with E-state index in [0.717, 1.165) is 0 Å². The first-order chi connectivity index (χ1) is 15.7. The van der Waals surface area contributed by atoms with Crippen LogP contribution in [0.1, 0.15) is 45.0 Å². The van der Waals surface area contributed by atoms with Crippen molar-refractivity contribution in [2.24, 2.45) is 5.41 Å². The minimum absolute atomic E-state index is 0.0565. The number of hydrogen-bond acceptors (Lipinski definition) is 6. The van der Waals surface area contributed by atoms with Gasteiger partial charge in [-0.15, -0.1) is 0 Å². The fourth-order valence-corrected chi connectivity index (χ4v) is 3.59. The lowest BCUT2D eigenvalue weighted by Gasteiger charge is -2.24. The van der Waals surface area contributed by atoms with Crippen LogP contribution in [0.3, 0.4) is 0 Å². The van der Waals surface area contributed by atoms with Crippen molar-refractivity contribution in [2.75, 3.05) is 43.7 Å². The molecule has 3 rings (SSSR count). The fraction of sp³-hybridized carbons (Fsp3) is 0.440. The van der Waals surface area contributed by atoms with Crippen LogP contribution in [0.25, 0.3) is 0 Å². The number of rotatable bonds is 8. The van der Waals surface area contributed by atoms with Crippen molar-refractivity contribution in [3.63, 3.8) is 0 Å². The van der Waals surface area contributed by atoms with Gasteiger partial charge < -0.3 is 29.2 Å². The van der Waals surface area contributed by atoms with Crippen LogP contribution in [0.15, 0.2) is 30.3 Å². The van der Waals surface area contributed by atoms with Crippen LogP contribution in [0.5, 0.6) is 23.0 Å². The zero-order valence-electron chi connectivity index (χ0n) is 20.1. The van der Waals surface area contributed by atoms with E-state index >= 15 is 0 Å². The van der Waals surface area contributed by atoms with Gasteiger partial charge in [-0.2, -0.15) is 0 Å². The predicted molar refractivity (Wildman–Crippen MR) is 127 cm³/mol. The summed E-state index contributed by atoms with van der Waals surface area (Å²) in [6.07, 6.45) is 0. The molecule has 1 heterocycles. The highest BCUT2D eigenvalue weighted by atomic mass is 16.5. The molecule has 0 fully saturated rings. The number of carbonyl (C=O) groups excluding carboxylic acids is 2. The summed E-state index contributed by atoms with van der Waals surface area (Å²) in [5.41, 5.74) is 0.846. The number of anilines is 2. The molecule has 0 saturated carbocycles. The van der Waals surface area contributed by atoms with Crippen LogP contribution in [-0.4, -0.2) is 45.3 Å². The van der Waals surface area contributed by atoms with Gasteiger partial charge in [-0.1, -0.05) is 0 Å². The molecule has 178 valence electrons. The minimum Gasteiger partial charge on any atom is -0.490 e. The molecular formula is C25H32N2O6. The molecule has 33 heavy (non-hydrogen) atoms. The number of carbonyl (C=O) groups is 2. The Labute approximate surface area is 194 Å². The molecule has 0 bridgehead atoms. The number of fused-ring (bicyclic) bond motifs is 1. The van der Waals surface area contributed by atoms with Crippen molar-refractivity contribution in [3.05, 3.63) is 35.9 Å². The third-order valence-electron chi connectivity index (χ3n) is 5.22. The maximum atomic E-state index is 13.1. The number of nitrogens with one attached hydrogen (secondary N) is 1. The molecule has 0 aliphatic carbocycles. The molecule has 8 heteroatoms. The van der Waals surface area contributed by atoms with Gasteiger partial charge in [0.2, 0.25) is 11.7 Å². The largest absolute Gasteiger partial charge is 0.490 e. The van der Waals surface area contributed by atoms with Gasteiger partial charge in [0, 0.05) is 18.3 Å². The van der Waals surface area contributed by atoms with Crippen LogP contribution in [0.2, 0.25) is 0 Å². The van der Waals surface area contributed by atoms with E-state index in [1.165, 1.54) is 0 Å². The van der Waals surface area contributed by atoms with E-state index < -0.39 is 5.41 Å². The van der Waals surface area contributed by atoms with Gasteiger partial charge in [-0.25, -0.2) is 0 Å². The smallest absolute Gasteiger partial charge is 0.255 e. The van der Waals surface area contributed by atoms with Crippen molar-refractivity contribution < 1.29 is 28.5 Å². The molecule has 2 aromatic carbocycles. The van der Waals surface area contributed by atoms with Crippen molar-refractivity contribution in [2.45, 2.75) is 34.6 Å². The second-order valence-corrected chi connectivity index (χ2v) is 8.27. The zero-order valence-corrected chi connectivity index (χ0v) is 20.1. The molecule has 0 spiro atoms. The summed E-state index contributed by atoms with van der Waals surface area (Å²) in [6.45, 7) is 10.8. The average molecular weight is 457 g/mol. The standard InChI is InChI=1S/C25H32N2O6/c1-7-30-20-12-16(13-21(31-8-2)22(20)32-9-3)23(28)26-17-10-11-19-18(14-17)27(6)24(29)25(4,5)15-33-19/h10-14H,7-9,15H2,1-6H3,(H,26,28). The molecule has 2 aromatic rings. The minimum atomic E-state index is -0.648. The van der Waals surface area contributed by atoms with Gasteiger partial charge in [-0.3, -0.25) is 9.59 Å². The van der Waals surface area contributed by atoms with Crippen LogP contribution < -0.4 is 29.2 Å². The molecule has 0 atom stereocenters. The second-order valence-electron chi connectivity index (χ2n) is 8.27. The van der Waals surface area contributed by atoms with Crippen LogP contribution in [0.4, 0.5) is 11.4 Å². The first-order valence-electron chi connectivity index (χ1n) is 11.1. The van der Waals surface area contributed by atoms with E-state index in [-0.39, 0.29) is 18.4 Å². The van der Waals surface area contributed by atoms with Crippen molar-refractivity contribution >= 4 is 23.2 Å². The molecule has 1 aliphatic heterocycles. The normalized spacial score (nSPS) is 14.6. The van der Waals surface area contributed by atoms with Crippen LogP contribution in [-0.2, 0) is 4.79 Å². The fourth-order valence-electron chi connectivity index (χ4n) is 3.59. The first kappa shape index (κ1) is 24.2. The third kappa shape index (κ3) is 5.16. The van der Waals surface area contributed by atoms with E-state index in [0.29, 0.717) is 59.8 Å². The molecule has 0 radical (unpaired) electrons. The van der Waals surface area contributed by atoms with Crippen molar-refractivity contribution in [1.29, 1.82) is 0 Å². The highest BCUT2D eigenvalue weighted by Crippen LogP contribution is 2.40. The lowest BCUT2D eigenvalue weighted by molar-refractivity contribution is -0.127. The Bertz CT molecular complexity index is 1010. The Morgan fingerprint density at radius 3 is 2.21 bits per heavy atom. The molecule has 0 aromatic heterocycles. The van der Waals surface area contributed by atoms with Gasteiger partial charge in [0.25, 0.3) is 5.91 Å². The summed E-state index contributed by atoms with van der Waals surface area (Å²) in [5.74, 6) is 1.55. The summed E-state index contributed by atoms with van der Waals surface area (Å²) in [7, 11) is 1.71. The second kappa shape index (κ2) is 10.0. The van der Waals surface area contributed by atoms with E-state index in [2.05, 4.69) is 5.32 Å². The molecular weight excluding hydrogens is 424 g/mol. The Morgan fingerprint density at radius 2 is 1.64 bits per heavy atom. The van der Waals surface area contributed by atoms with Gasteiger partial charge in [0.15, 0.2) is 11.5 Å². The van der Waals surface area contributed by atoms with Crippen molar-refractivity contribution in [3.8, 4) is 23.0 Å². The van der Waals surface area contributed by atoms with Gasteiger partial charge in [0.1, 0.15) is 12.4 Å². The molecule has 1 N–H and O–H groups in total. The number of benzene rings is 2. The highest BCUT2D eigenvalue weighted by Gasteiger charge is 2.36. The Balaban J connectivity index is 1.92. The Morgan fingerprint density at radius 1 is 1.03 bits per heavy atom. The monoisotopic (exact) mass is 456 g/mol. The van der Waals surface area contributed by atoms with E-state index in [1.54, 1.807) is 42.3 Å². The van der Waals surface area contributed by atoms with Crippen molar-refractivity contribution in [1.82, 2.24) is 0 Å². The third-order valence-corrected chi connectivity index (χ3v) is 5.22. The molecule has 0 unspecified atom stereocenters. The number of nitrogens with zero attached hydrogens (tertiary/aromatic N) is 1. The Hall–Kier alpha value is -3.42. The quantitative estimate of drug-likeness (QED) is 0.629. The highest BCUT2D eigenvalue weighted by molar-refractivity contribution is 6.06. The molecule has 1 aliphatic rings. The van der Waals surface area contributed by atoms with Gasteiger partial charge >= 0.3 is 0 Å². The van der Waals surface area contributed by atoms with Gasteiger partial charge in [0.05, 0.1) is 30.9 Å². The number of amides is 2. The SMILES string of the molecule is CCOc1cc(C(=O)Nc2ccc3c(c2)N(C)C(=O)C(C)(C)CO3)cc(OCC)c1OCC. The van der Waals surface area contributed by atoms with Crippen LogP contribution >= 0.6 is 0 Å². The summed E-state index contributed by atoms with van der Waals surface area (Å²) < 4.78 is 23.0. The summed E-state index contributed by atoms with van der Waals surface area (Å²) in [4.78, 5) is 27.5. The molecule has 8 nitrogen and oxygen atoms in total. The van der Waals surface area contributed by atoms with Crippen LogP contribution in [0, 0.1) is 5.41 Å². The van der Waals surface area contributed by atoms with E-state index in [1.807, 2.05) is 34.6 Å². The number of ether oxygens (including phenoxy) is 4. The average Bonchev–Trinajstić information content (AvgIpc) is 2.86. The van der Waals surface area contributed by atoms with E-state index in [4.69, 9.17) is 18.9 Å².